The van der Waals surface area contributed by atoms with Gasteiger partial charge < -0.3 is 5.73 Å². The third-order valence-electron chi connectivity index (χ3n) is 2.56. The van der Waals surface area contributed by atoms with Gasteiger partial charge in [0.05, 0.1) is 4.92 Å². The monoisotopic (exact) mass is 338 g/mol. The number of nitro groups is 1. The number of thioether (sulfide) groups is 1. The van der Waals surface area contributed by atoms with Crippen molar-refractivity contribution < 1.29 is 4.92 Å². The topological polar surface area (TPSA) is 69.2 Å². The lowest BCUT2D eigenvalue weighted by molar-refractivity contribution is -0.384. The summed E-state index contributed by atoms with van der Waals surface area (Å²) >= 11 is 5.05. The number of hydrogen-bond acceptors (Lipinski definition) is 4. The van der Waals surface area contributed by atoms with Crippen molar-refractivity contribution in [1.29, 1.82) is 0 Å². The van der Waals surface area contributed by atoms with Gasteiger partial charge in [-0.1, -0.05) is 12.1 Å². The molecule has 98 valence electrons. The Labute approximate surface area is 123 Å². The highest BCUT2D eigenvalue weighted by molar-refractivity contribution is 9.10. The van der Waals surface area contributed by atoms with E-state index in [9.17, 15) is 10.1 Å². The summed E-state index contributed by atoms with van der Waals surface area (Å²) in [7, 11) is 0. The summed E-state index contributed by atoms with van der Waals surface area (Å²) in [5, 5.41) is 10.7. The van der Waals surface area contributed by atoms with Gasteiger partial charge in [0.25, 0.3) is 5.69 Å². The highest BCUT2D eigenvalue weighted by atomic mass is 79.9. The molecule has 2 aromatic rings. The molecule has 0 aliphatic rings. The van der Waals surface area contributed by atoms with Crippen LogP contribution in [0.3, 0.4) is 0 Å². The molecule has 0 aromatic heterocycles. The van der Waals surface area contributed by atoms with Gasteiger partial charge in [-0.25, -0.2) is 0 Å². The van der Waals surface area contributed by atoms with Crippen LogP contribution >= 0.6 is 27.7 Å². The van der Waals surface area contributed by atoms with E-state index < -0.39 is 4.92 Å². The molecule has 0 bridgehead atoms. The molecule has 0 heterocycles. The van der Waals surface area contributed by atoms with Crippen LogP contribution in [0.5, 0.6) is 0 Å². The molecule has 6 heteroatoms. The third-order valence-corrected chi connectivity index (χ3v) is 4.63. The molecule has 0 radical (unpaired) electrons. The van der Waals surface area contributed by atoms with E-state index in [1.165, 1.54) is 12.1 Å². The van der Waals surface area contributed by atoms with Crippen LogP contribution in [0.15, 0.2) is 51.8 Å². The molecule has 2 N–H and O–H groups in total. The summed E-state index contributed by atoms with van der Waals surface area (Å²) in [6.07, 6.45) is 0. The Morgan fingerprint density at radius 1 is 1.26 bits per heavy atom. The molecule has 0 saturated heterocycles. The van der Waals surface area contributed by atoms with Gasteiger partial charge in [-0.15, -0.1) is 11.8 Å². The minimum Gasteiger partial charge on any atom is -0.398 e. The number of benzene rings is 2. The number of anilines is 1. The van der Waals surface area contributed by atoms with Crippen LogP contribution in [-0.2, 0) is 5.75 Å². The summed E-state index contributed by atoms with van der Waals surface area (Å²) in [6.45, 7) is 0. The Morgan fingerprint density at radius 2 is 2.00 bits per heavy atom. The summed E-state index contributed by atoms with van der Waals surface area (Å²) in [6, 6.07) is 12.4. The number of nitrogens with two attached hydrogens (primary N) is 1. The molecule has 0 saturated carbocycles. The van der Waals surface area contributed by atoms with E-state index in [1.807, 2.05) is 24.3 Å². The molecule has 0 fully saturated rings. The van der Waals surface area contributed by atoms with Crippen molar-refractivity contribution in [2.45, 2.75) is 10.6 Å². The molecule has 2 aromatic carbocycles. The quantitative estimate of drug-likeness (QED) is 0.392. The molecule has 19 heavy (non-hydrogen) atoms. The fourth-order valence-electron chi connectivity index (χ4n) is 1.55. The van der Waals surface area contributed by atoms with E-state index in [0.717, 1.165) is 14.9 Å². The minimum absolute atomic E-state index is 0.0666. The van der Waals surface area contributed by atoms with Crippen LogP contribution in [0.1, 0.15) is 5.56 Å². The van der Waals surface area contributed by atoms with Gasteiger partial charge in [0.1, 0.15) is 0 Å². The highest BCUT2D eigenvalue weighted by Gasteiger charge is 2.10. The van der Waals surface area contributed by atoms with Gasteiger partial charge in [0.2, 0.25) is 0 Å². The Morgan fingerprint density at radius 3 is 2.68 bits per heavy atom. The summed E-state index contributed by atoms with van der Waals surface area (Å²) in [5.74, 6) is 0.593. The van der Waals surface area contributed by atoms with Gasteiger partial charge in [0, 0.05) is 32.9 Å². The standard InChI is InChI=1S/C13H11BrN2O2S/c14-11-3-1-2-4-13(11)19-8-9-7-10(16(17)18)5-6-12(9)15/h1-7H,8,15H2. The zero-order chi connectivity index (χ0) is 13.8. The number of nitro benzene ring substituents is 1. The summed E-state index contributed by atoms with van der Waals surface area (Å²) in [4.78, 5) is 11.4. The first kappa shape index (κ1) is 13.9. The number of nitrogens with zero attached hydrogens (tertiary/aromatic N) is 1. The van der Waals surface area contributed by atoms with E-state index in [4.69, 9.17) is 5.73 Å². The normalized spacial score (nSPS) is 10.4. The van der Waals surface area contributed by atoms with Crippen LogP contribution in [0, 0.1) is 10.1 Å². The SMILES string of the molecule is Nc1ccc([N+](=O)[O-])cc1CSc1ccccc1Br. The van der Waals surface area contributed by atoms with Gasteiger partial charge in [0.15, 0.2) is 0 Å². The smallest absolute Gasteiger partial charge is 0.269 e. The van der Waals surface area contributed by atoms with Crippen LogP contribution < -0.4 is 5.73 Å². The lowest BCUT2D eigenvalue weighted by atomic mass is 10.2. The zero-order valence-corrected chi connectivity index (χ0v) is 12.3. The van der Waals surface area contributed by atoms with Crippen molar-refractivity contribution in [3.63, 3.8) is 0 Å². The molecule has 0 aliphatic heterocycles. The second-order valence-electron chi connectivity index (χ2n) is 3.86. The first-order valence-electron chi connectivity index (χ1n) is 5.48. The Bertz CT molecular complexity index is 619. The summed E-state index contributed by atoms with van der Waals surface area (Å²) < 4.78 is 1.00. The van der Waals surface area contributed by atoms with Crippen molar-refractivity contribution >= 4 is 39.1 Å². The lowest BCUT2D eigenvalue weighted by Crippen LogP contribution is -1.95. The average Bonchev–Trinajstić information content (AvgIpc) is 2.39. The van der Waals surface area contributed by atoms with Crippen LogP contribution in [-0.4, -0.2) is 4.92 Å². The number of hydrogen-bond donors (Lipinski definition) is 1. The van der Waals surface area contributed by atoms with Crippen molar-refractivity contribution in [3.05, 3.63) is 62.6 Å². The molecule has 2 rings (SSSR count). The van der Waals surface area contributed by atoms with E-state index in [-0.39, 0.29) is 5.69 Å². The van der Waals surface area contributed by atoms with E-state index in [0.29, 0.717) is 11.4 Å². The van der Waals surface area contributed by atoms with Crippen molar-refractivity contribution in [2.75, 3.05) is 5.73 Å². The number of halogens is 1. The predicted molar refractivity (Wildman–Crippen MR) is 81.2 cm³/mol. The predicted octanol–water partition coefficient (Wildman–Crippen LogP) is 4.23. The van der Waals surface area contributed by atoms with E-state index in [2.05, 4.69) is 15.9 Å². The van der Waals surface area contributed by atoms with Crippen LogP contribution in [0.25, 0.3) is 0 Å². The average molecular weight is 339 g/mol. The second-order valence-corrected chi connectivity index (χ2v) is 5.73. The zero-order valence-electron chi connectivity index (χ0n) is 9.88. The maximum Gasteiger partial charge on any atom is 0.269 e. The number of non-ortho nitro benzene ring substituents is 1. The highest BCUT2D eigenvalue weighted by Crippen LogP contribution is 2.32. The van der Waals surface area contributed by atoms with Crippen molar-refractivity contribution in [2.24, 2.45) is 0 Å². The fourth-order valence-corrected chi connectivity index (χ4v) is 3.12. The second kappa shape index (κ2) is 6.08. The van der Waals surface area contributed by atoms with Gasteiger partial charge >= 0.3 is 0 Å². The molecular formula is C13H11BrN2O2S. The molecule has 0 spiro atoms. The minimum atomic E-state index is -0.411. The Balaban J connectivity index is 2.17. The van der Waals surface area contributed by atoms with Crippen molar-refractivity contribution in [3.8, 4) is 0 Å². The Kier molecular flexibility index (Phi) is 4.44. The van der Waals surface area contributed by atoms with Gasteiger partial charge in [-0.3, -0.25) is 10.1 Å². The van der Waals surface area contributed by atoms with Gasteiger partial charge in [-0.05, 0) is 39.7 Å². The largest absolute Gasteiger partial charge is 0.398 e. The third kappa shape index (κ3) is 3.48. The fraction of sp³-hybridized carbons (Fsp3) is 0.0769. The molecule has 4 nitrogen and oxygen atoms in total. The Hall–Kier alpha value is -1.53. The lowest BCUT2D eigenvalue weighted by Gasteiger charge is -2.06. The molecule has 0 amide bonds. The maximum absolute atomic E-state index is 10.7. The van der Waals surface area contributed by atoms with Crippen LogP contribution in [0.2, 0.25) is 0 Å². The number of nitrogen functional groups attached to an aromatic ring is 1. The van der Waals surface area contributed by atoms with Gasteiger partial charge in [-0.2, -0.15) is 0 Å². The first-order valence-corrected chi connectivity index (χ1v) is 7.26. The number of rotatable bonds is 4. The van der Waals surface area contributed by atoms with Crippen molar-refractivity contribution in [1.82, 2.24) is 0 Å². The summed E-state index contributed by atoms with van der Waals surface area (Å²) in [5.41, 5.74) is 7.26. The van der Waals surface area contributed by atoms with E-state index >= 15 is 0 Å². The van der Waals surface area contributed by atoms with Crippen LogP contribution in [0.4, 0.5) is 11.4 Å². The maximum atomic E-state index is 10.7. The molecular weight excluding hydrogens is 328 g/mol. The first-order chi connectivity index (χ1) is 9.08. The van der Waals surface area contributed by atoms with E-state index in [1.54, 1.807) is 17.8 Å². The molecule has 0 atom stereocenters. The molecule has 0 unspecified atom stereocenters. The molecule has 0 aliphatic carbocycles.